The summed E-state index contributed by atoms with van der Waals surface area (Å²) in [6, 6.07) is 7.40. The van der Waals surface area contributed by atoms with Crippen LogP contribution in [0.2, 0.25) is 0 Å². The number of carbonyl (C=O) groups excluding carboxylic acids is 1. The van der Waals surface area contributed by atoms with E-state index in [9.17, 15) is 9.90 Å². The predicted molar refractivity (Wildman–Crippen MR) is 114 cm³/mol. The van der Waals surface area contributed by atoms with Gasteiger partial charge in [-0.25, -0.2) is 9.98 Å². The van der Waals surface area contributed by atoms with E-state index in [4.69, 9.17) is 0 Å². The first-order valence-electron chi connectivity index (χ1n) is 8.41. The number of phenolic OH excluding ortho intramolecular Hbond substituents is 1. The highest BCUT2D eigenvalue weighted by Gasteiger charge is 2.20. The van der Waals surface area contributed by atoms with Crippen molar-refractivity contribution in [2.45, 2.75) is 26.2 Å². The number of carbonyl (C=O) groups is 1. The molecular weight excluding hydrogens is 376 g/mol. The molecule has 6 heteroatoms. The van der Waals surface area contributed by atoms with Crippen LogP contribution >= 0.6 is 22.7 Å². The number of hydrogen-bond acceptors (Lipinski definition) is 6. The summed E-state index contributed by atoms with van der Waals surface area (Å²) in [6.07, 6.45) is 6.64. The van der Waals surface area contributed by atoms with Crippen molar-refractivity contribution < 1.29 is 9.90 Å². The third kappa shape index (κ3) is 4.78. The highest BCUT2D eigenvalue weighted by Crippen LogP contribution is 2.34. The summed E-state index contributed by atoms with van der Waals surface area (Å²) in [6.45, 7) is 6.11. The quantitative estimate of drug-likeness (QED) is 0.334. The summed E-state index contributed by atoms with van der Waals surface area (Å²) in [5.41, 5.74) is 1.98. The van der Waals surface area contributed by atoms with Crippen LogP contribution in [0.3, 0.4) is 0 Å². The second-order valence-corrected chi connectivity index (χ2v) is 8.82. The zero-order chi connectivity index (χ0) is 19.4. The molecule has 0 unspecified atom stereocenters. The lowest BCUT2D eigenvalue weighted by molar-refractivity contribution is 0.105. The molecule has 3 aromatic rings. The van der Waals surface area contributed by atoms with Gasteiger partial charge in [0, 0.05) is 28.9 Å². The average Bonchev–Trinajstić information content (AvgIpc) is 3.32. The van der Waals surface area contributed by atoms with Gasteiger partial charge in [0.15, 0.2) is 5.78 Å². The fourth-order valence-corrected chi connectivity index (χ4v) is 3.65. The van der Waals surface area contributed by atoms with Crippen molar-refractivity contribution in [1.29, 1.82) is 0 Å². The van der Waals surface area contributed by atoms with Crippen LogP contribution in [-0.2, 0) is 5.41 Å². The fourth-order valence-electron chi connectivity index (χ4n) is 2.52. The number of aliphatic imine (C=N–C) groups is 1. The monoisotopic (exact) mass is 396 g/mol. The maximum absolute atomic E-state index is 12.2. The van der Waals surface area contributed by atoms with Gasteiger partial charge in [-0.05, 0) is 40.6 Å². The largest absolute Gasteiger partial charge is 0.507 e. The SMILES string of the molecule is CC(C)(C)c1cc(/C=C/C(=O)c2cccs2)cc(/C=N/c2nccs2)c1O. The second kappa shape index (κ2) is 7.98. The number of thiophene rings is 1. The van der Waals surface area contributed by atoms with Crippen molar-refractivity contribution in [3.63, 3.8) is 0 Å². The lowest BCUT2D eigenvalue weighted by Crippen LogP contribution is -2.12. The number of benzene rings is 1. The molecule has 0 atom stereocenters. The van der Waals surface area contributed by atoms with Gasteiger partial charge in [0.2, 0.25) is 5.13 Å². The second-order valence-electron chi connectivity index (χ2n) is 7.00. The van der Waals surface area contributed by atoms with E-state index in [1.54, 1.807) is 30.6 Å². The van der Waals surface area contributed by atoms with Gasteiger partial charge in [0.05, 0.1) is 4.88 Å². The van der Waals surface area contributed by atoms with Crippen molar-refractivity contribution in [2.75, 3.05) is 0 Å². The average molecular weight is 397 g/mol. The Labute approximate surface area is 166 Å². The Bertz CT molecular complexity index is 980. The number of hydrogen-bond donors (Lipinski definition) is 1. The summed E-state index contributed by atoms with van der Waals surface area (Å²) in [7, 11) is 0. The maximum atomic E-state index is 12.2. The summed E-state index contributed by atoms with van der Waals surface area (Å²) < 4.78 is 0. The molecule has 0 aliphatic heterocycles. The number of ketones is 1. The maximum Gasteiger partial charge on any atom is 0.209 e. The van der Waals surface area contributed by atoms with Crippen molar-refractivity contribution >= 4 is 45.9 Å². The predicted octanol–water partition coefficient (Wildman–Crippen LogP) is 5.85. The highest BCUT2D eigenvalue weighted by molar-refractivity contribution is 7.13. The topological polar surface area (TPSA) is 62.5 Å². The van der Waals surface area contributed by atoms with E-state index in [0.29, 0.717) is 15.6 Å². The Hall–Kier alpha value is -2.57. The van der Waals surface area contributed by atoms with Crippen molar-refractivity contribution in [3.8, 4) is 5.75 Å². The molecule has 0 bridgehead atoms. The molecule has 0 saturated carbocycles. The van der Waals surface area contributed by atoms with Crippen LogP contribution < -0.4 is 0 Å². The number of phenols is 1. The zero-order valence-corrected chi connectivity index (χ0v) is 17.0. The normalized spacial score (nSPS) is 12.3. The van der Waals surface area contributed by atoms with E-state index in [1.807, 2.05) is 49.7 Å². The molecule has 0 spiro atoms. The molecule has 4 nitrogen and oxygen atoms in total. The molecule has 0 amide bonds. The summed E-state index contributed by atoms with van der Waals surface area (Å²) in [4.78, 5) is 21.4. The van der Waals surface area contributed by atoms with Crippen LogP contribution in [0.25, 0.3) is 6.08 Å². The Kier molecular flexibility index (Phi) is 5.68. The van der Waals surface area contributed by atoms with Gasteiger partial charge in [-0.3, -0.25) is 4.79 Å². The Morgan fingerprint density at radius 1 is 1.22 bits per heavy atom. The molecule has 0 aliphatic rings. The summed E-state index contributed by atoms with van der Waals surface area (Å²) in [5, 5.41) is 15.1. The first-order valence-corrected chi connectivity index (χ1v) is 10.2. The molecule has 1 N–H and O–H groups in total. The van der Waals surface area contributed by atoms with E-state index < -0.39 is 0 Å². The number of thiazole rings is 1. The van der Waals surface area contributed by atoms with Crippen molar-refractivity contribution in [2.24, 2.45) is 4.99 Å². The molecule has 3 rings (SSSR count). The van der Waals surface area contributed by atoms with E-state index >= 15 is 0 Å². The summed E-state index contributed by atoms with van der Waals surface area (Å²) in [5.74, 6) is 0.165. The standard InChI is InChI=1S/C21H20N2O2S2/c1-21(2,3)16-12-14(6-7-17(24)18-5-4-9-26-18)11-15(19(16)25)13-23-20-22-8-10-27-20/h4-13,25H,1-3H3/b7-6+,23-13+. The first-order chi connectivity index (χ1) is 12.8. The number of nitrogens with zero attached hydrogens (tertiary/aromatic N) is 2. The van der Waals surface area contributed by atoms with Crippen LogP contribution in [0.5, 0.6) is 5.75 Å². The molecule has 2 heterocycles. The minimum atomic E-state index is -0.254. The molecule has 2 aromatic heterocycles. The molecule has 138 valence electrons. The van der Waals surface area contributed by atoms with Crippen LogP contribution in [0, 0.1) is 0 Å². The Balaban J connectivity index is 1.98. The third-order valence-corrected chi connectivity index (χ3v) is 5.46. The van der Waals surface area contributed by atoms with Gasteiger partial charge in [0.1, 0.15) is 5.75 Å². The lowest BCUT2D eigenvalue weighted by atomic mass is 9.84. The first kappa shape index (κ1) is 19.2. The molecule has 0 saturated heterocycles. The Morgan fingerprint density at radius 3 is 2.67 bits per heavy atom. The van der Waals surface area contributed by atoms with E-state index in [1.165, 1.54) is 22.7 Å². The number of allylic oxidation sites excluding steroid dienone is 1. The van der Waals surface area contributed by atoms with Gasteiger partial charge in [-0.15, -0.1) is 22.7 Å². The fraction of sp³-hybridized carbons (Fsp3) is 0.190. The number of rotatable bonds is 5. The van der Waals surface area contributed by atoms with Gasteiger partial charge < -0.3 is 5.11 Å². The zero-order valence-electron chi connectivity index (χ0n) is 15.3. The van der Waals surface area contributed by atoms with Crippen LogP contribution in [0.1, 0.15) is 47.1 Å². The molecule has 0 aliphatic carbocycles. The Morgan fingerprint density at radius 2 is 2.04 bits per heavy atom. The van der Waals surface area contributed by atoms with Gasteiger partial charge >= 0.3 is 0 Å². The third-order valence-electron chi connectivity index (χ3n) is 3.89. The summed E-state index contributed by atoms with van der Waals surface area (Å²) >= 11 is 2.84. The molecule has 27 heavy (non-hydrogen) atoms. The van der Waals surface area contributed by atoms with Crippen molar-refractivity contribution in [3.05, 3.63) is 68.9 Å². The molecule has 0 radical (unpaired) electrons. The van der Waals surface area contributed by atoms with E-state index in [2.05, 4.69) is 9.98 Å². The van der Waals surface area contributed by atoms with Gasteiger partial charge in [-0.1, -0.05) is 32.9 Å². The van der Waals surface area contributed by atoms with Crippen LogP contribution in [-0.4, -0.2) is 22.1 Å². The van der Waals surface area contributed by atoms with E-state index in [-0.39, 0.29) is 16.9 Å². The highest BCUT2D eigenvalue weighted by atomic mass is 32.1. The van der Waals surface area contributed by atoms with Crippen molar-refractivity contribution in [1.82, 2.24) is 4.98 Å². The van der Waals surface area contributed by atoms with Crippen LogP contribution in [0.15, 0.2) is 52.3 Å². The minimum Gasteiger partial charge on any atom is -0.507 e. The molecule has 1 aromatic carbocycles. The lowest BCUT2D eigenvalue weighted by Gasteiger charge is -2.22. The van der Waals surface area contributed by atoms with Gasteiger partial charge in [0.25, 0.3) is 0 Å². The van der Waals surface area contributed by atoms with Crippen LogP contribution in [0.4, 0.5) is 5.13 Å². The smallest absolute Gasteiger partial charge is 0.209 e. The molecular formula is C21H20N2O2S2. The number of aromatic hydroxyl groups is 1. The number of aromatic nitrogens is 1. The van der Waals surface area contributed by atoms with E-state index in [0.717, 1.165) is 11.1 Å². The minimum absolute atomic E-state index is 0.0339. The molecule has 0 fully saturated rings. The van der Waals surface area contributed by atoms with Gasteiger partial charge in [-0.2, -0.15) is 0 Å².